The van der Waals surface area contributed by atoms with E-state index in [4.69, 9.17) is 15.3 Å². The maximum Gasteiger partial charge on any atom is 0.333 e. The second kappa shape index (κ2) is 9.76. The number of aromatic nitrogens is 1. The lowest BCUT2D eigenvalue weighted by Crippen LogP contribution is -2.37. The van der Waals surface area contributed by atoms with E-state index < -0.39 is 40.4 Å². The third-order valence-electron chi connectivity index (χ3n) is 4.03. The molecule has 0 bridgehead atoms. The highest BCUT2D eigenvalue weighted by Crippen LogP contribution is 2.34. The molecular formula is C18H19N3O9S2. The van der Waals surface area contributed by atoms with Gasteiger partial charge in [-0.1, -0.05) is 12.1 Å². The fourth-order valence-corrected chi connectivity index (χ4v) is 4.56. The van der Waals surface area contributed by atoms with Crippen molar-refractivity contribution in [3.05, 3.63) is 46.6 Å². The van der Waals surface area contributed by atoms with Gasteiger partial charge < -0.3 is 20.4 Å². The van der Waals surface area contributed by atoms with Crippen molar-refractivity contribution in [2.24, 2.45) is 0 Å². The Morgan fingerprint density at radius 3 is 2.34 bits per heavy atom. The van der Waals surface area contributed by atoms with Gasteiger partial charge in [0.25, 0.3) is 15.9 Å². The van der Waals surface area contributed by atoms with Crippen molar-refractivity contribution in [2.45, 2.75) is 24.3 Å². The fourth-order valence-electron chi connectivity index (χ4n) is 2.50. The van der Waals surface area contributed by atoms with Gasteiger partial charge in [0, 0.05) is 23.7 Å². The molecule has 12 nitrogen and oxygen atoms in total. The van der Waals surface area contributed by atoms with Gasteiger partial charge in [0.2, 0.25) is 0 Å². The average molecular weight is 485 g/mol. The molecule has 2 aromatic rings. The van der Waals surface area contributed by atoms with Crippen molar-refractivity contribution in [2.75, 3.05) is 12.4 Å². The quantitative estimate of drug-likeness (QED) is 0.405. The monoisotopic (exact) mass is 485 g/mol. The molecule has 1 amide bonds. The summed E-state index contributed by atoms with van der Waals surface area (Å²) in [6.07, 6.45) is -0.956. The molecular weight excluding hydrogens is 466 g/mol. The molecule has 1 atom stereocenters. The normalized spacial score (nSPS) is 15.2. The van der Waals surface area contributed by atoms with Crippen LogP contribution in [0.5, 0.6) is 0 Å². The zero-order valence-electron chi connectivity index (χ0n) is 16.7. The number of carboxylic acid groups (broad SMARTS) is 2. The molecule has 32 heavy (non-hydrogen) atoms. The standard InChI is InChI=1S/C14H13N3O4S2.C4H6O5/c1-8-7-15-14(22-8)16-13(19)11-12(18)9-5-3-4-6-10(9)23(20,21)17(11)2;5-2(4(8)9)1-3(6)7/h3-7,18H,1-2H3,(H,15,16,19);2,5H,1H2,(H,6,7)(H,8,9). The first kappa shape index (κ1) is 24.8. The number of aliphatic hydroxyl groups excluding tert-OH is 2. The van der Waals surface area contributed by atoms with Crippen LogP contribution in [0.2, 0.25) is 0 Å². The minimum Gasteiger partial charge on any atom is -0.505 e. The third kappa shape index (κ3) is 5.40. The Balaban J connectivity index is 0.000000344. The van der Waals surface area contributed by atoms with Gasteiger partial charge in [0.1, 0.15) is 0 Å². The summed E-state index contributed by atoms with van der Waals surface area (Å²) in [5.41, 5.74) is -0.234. The molecule has 1 aliphatic heterocycles. The van der Waals surface area contributed by atoms with Crippen LogP contribution in [0.25, 0.3) is 5.76 Å². The lowest BCUT2D eigenvalue weighted by atomic mass is 10.1. The summed E-state index contributed by atoms with van der Waals surface area (Å²) in [7, 11) is -2.67. The summed E-state index contributed by atoms with van der Waals surface area (Å²) in [4.78, 5) is 36.7. The Labute approximate surface area is 186 Å². The number of carbonyl (C=O) groups is 3. The summed E-state index contributed by atoms with van der Waals surface area (Å²) in [6, 6.07) is 5.99. The van der Waals surface area contributed by atoms with Gasteiger partial charge in [-0.3, -0.25) is 19.2 Å². The third-order valence-corrected chi connectivity index (χ3v) is 6.67. The number of fused-ring (bicyclic) bond motifs is 1. The van der Waals surface area contributed by atoms with E-state index in [0.29, 0.717) is 5.13 Å². The number of thiazole rings is 1. The summed E-state index contributed by atoms with van der Waals surface area (Å²) in [6.45, 7) is 1.83. The molecule has 1 aromatic heterocycles. The van der Waals surface area contributed by atoms with Crippen molar-refractivity contribution in [1.82, 2.24) is 9.29 Å². The lowest BCUT2D eigenvalue weighted by molar-refractivity contribution is -0.152. The second-order valence-corrected chi connectivity index (χ2v) is 9.52. The van der Waals surface area contributed by atoms with E-state index in [1.807, 2.05) is 6.92 Å². The number of hydrogen-bond donors (Lipinski definition) is 5. The zero-order valence-corrected chi connectivity index (χ0v) is 18.3. The first-order chi connectivity index (χ1) is 14.9. The Morgan fingerprint density at radius 2 is 1.84 bits per heavy atom. The Morgan fingerprint density at radius 1 is 1.22 bits per heavy atom. The molecule has 0 radical (unpaired) electrons. The number of anilines is 1. The number of aliphatic hydroxyl groups is 2. The Bertz CT molecular complexity index is 1190. The molecule has 1 aromatic carbocycles. The van der Waals surface area contributed by atoms with Crippen LogP contribution in [0.4, 0.5) is 5.13 Å². The summed E-state index contributed by atoms with van der Waals surface area (Å²) < 4.78 is 25.8. The van der Waals surface area contributed by atoms with E-state index in [2.05, 4.69) is 10.3 Å². The molecule has 0 fully saturated rings. The minimum absolute atomic E-state index is 0.0401. The number of carboxylic acids is 2. The fraction of sp³-hybridized carbons (Fsp3) is 0.222. The predicted molar refractivity (Wildman–Crippen MR) is 112 cm³/mol. The summed E-state index contributed by atoms with van der Waals surface area (Å²) >= 11 is 1.25. The van der Waals surface area contributed by atoms with Gasteiger partial charge in [-0.2, -0.15) is 0 Å². The molecule has 2 heterocycles. The van der Waals surface area contributed by atoms with E-state index >= 15 is 0 Å². The van der Waals surface area contributed by atoms with Gasteiger partial charge in [0.05, 0.1) is 11.3 Å². The number of nitrogens with one attached hydrogen (secondary N) is 1. The van der Waals surface area contributed by atoms with Crippen LogP contribution in [-0.4, -0.2) is 69.1 Å². The minimum atomic E-state index is -3.90. The van der Waals surface area contributed by atoms with E-state index in [9.17, 15) is 27.9 Å². The molecule has 0 spiro atoms. The first-order valence-electron chi connectivity index (χ1n) is 8.74. The van der Waals surface area contributed by atoms with Crippen LogP contribution in [-0.2, 0) is 24.4 Å². The topological polar surface area (TPSA) is 194 Å². The highest BCUT2D eigenvalue weighted by Gasteiger charge is 2.37. The largest absolute Gasteiger partial charge is 0.505 e. The number of nitrogens with zero attached hydrogens (tertiary/aromatic N) is 2. The van der Waals surface area contributed by atoms with Gasteiger partial charge in [-0.15, -0.1) is 11.3 Å². The van der Waals surface area contributed by atoms with Gasteiger partial charge in [0.15, 0.2) is 22.7 Å². The molecule has 0 saturated heterocycles. The van der Waals surface area contributed by atoms with Crippen molar-refractivity contribution >= 4 is 50.1 Å². The number of hydrogen-bond acceptors (Lipinski definition) is 9. The van der Waals surface area contributed by atoms with Gasteiger partial charge >= 0.3 is 11.9 Å². The SMILES string of the molecule is Cc1cnc(NC(=O)C2=C(O)c3ccccc3S(=O)(=O)N2C)s1.O=C(O)CC(O)C(=O)O. The van der Waals surface area contributed by atoms with E-state index in [1.54, 1.807) is 18.3 Å². The maximum atomic E-state index is 12.5. The molecule has 0 saturated carbocycles. The van der Waals surface area contributed by atoms with Gasteiger partial charge in [-0.05, 0) is 19.1 Å². The molecule has 0 aliphatic carbocycles. The smallest absolute Gasteiger partial charge is 0.333 e. The second-order valence-electron chi connectivity index (χ2n) is 6.35. The number of rotatable bonds is 5. The van der Waals surface area contributed by atoms with Crippen LogP contribution >= 0.6 is 11.3 Å². The first-order valence-corrected chi connectivity index (χ1v) is 11.0. The Hall–Kier alpha value is -3.49. The van der Waals surface area contributed by atoms with Crippen LogP contribution in [0.1, 0.15) is 16.9 Å². The van der Waals surface area contributed by atoms with Gasteiger partial charge in [-0.25, -0.2) is 18.2 Å². The van der Waals surface area contributed by atoms with Crippen LogP contribution in [0.15, 0.2) is 41.1 Å². The molecule has 14 heteroatoms. The number of aliphatic carboxylic acids is 2. The van der Waals surface area contributed by atoms with Crippen LogP contribution < -0.4 is 5.32 Å². The van der Waals surface area contributed by atoms with Crippen molar-refractivity contribution in [3.63, 3.8) is 0 Å². The lowest BCUT2D eigenvalue weighted by Gasteiger charge is -2.28. The maximum absolute atomic E-state index is 12.5. The molecule has 3 rings (SSSR count). The zero-order chi connectivity index (χ0) is 24.2. The number of sulfonamides is 1. The summed E-state index contributed by atoms with van der Waals surface area (Å²) in [5, 5.41) is 37.4. The Kier molecular flexibility index (Phi) is 7.56. The number of benzene rings is 1. The number of amides is 1. The molecule has 1 unspecified atom stereocenters. The number of likely N-dealkylation sites (N-methyl/N-ethyl adjacent to an activating group) is 1. The molecule has 5 N–H and O–H groups in total. The molecule has 1 aliphatic rings. The number of aryl methyl sites for hydroxylation is 1. The van der Waals surface area contributed by atoms with E-state index in [0.717, 1.165) is 9.18 Å². The van der Waals surface area contributed by atoms with E-state index in [-0.39, 0.29) is 21.9 Å². The molecule has 172 valence electrons. The summed E-state index contributed by atoms with van der Waals surface area (Å²) in [5.74, 6) is -3.97. The van der Waals surface area contributed by atoms with Crippen molar-refractivity contribution in [3.8, 4) is 0 Å². The average Bonchev–Trinajstić information content (AvgIpc) is 3.11. The van der Waals surface area contributed by atoms with Crippen molar-refractivity contribution < 1.29 is 43.2 Å². The predicted octanol–water partition coefficient (Wildman–Crippen LogP) is 0.858. The highest BCUT2D eigenvalue weighted by molar-refractivity contribution is 7.89. The highest BCUT2D eigenvalue weighted by atomic mass is 32.2. The van der Waals surface area contributed by atoms with Crippen LogP contribution in [0.3, 0.4) is 0 Å². The van der Waals surface area contributed by atoms with E-state index in [1.165, 1.54) is 30.5 Å². The number of carbonyl (C=O) groups excluding carboxylic acids is 1. The van der Waals surface area contributed by atoms with Crippen molar-refractivity contribution in [1.29, 1.82) is 0 Å². The van der Waals surface area contributed by atoms with Crippen LogP contribution in [0, 0.1) is 6.92 Å².